The molecule has 2 aromatic rings. The number of esters is 1. The van der Waals surface area contributed by atoms with Gasteiger partial charge in [-0.05, 0) is 62.9 Å². The second-order valence-corrected chi connectivity index (χ2v) is 13.2. The molecule has 0 spiro atoms. The van der Waals surface area contributed by atoms with Gasteiger partial charge in [0.2, 0.25) is 5.91 Å². The number of hydrogen-bond donors (Lipinski definition) is 1. The van der Waals surface area contributed by atoms with Crippen LogP contribution in [0.3, 0.4) is 0 Å². The Bertz CT molecular complexity index is 1390. The lowest BCUT2D eigenvalue weighted by molar-refractivity contribution is -0.216. The van der Waals surface area contributed by atoms with Crippen LogP contribution in [0.4, 0.5) is 26.3 Å². The Morgan fingerprint density at radius 2 is 1.54 bits per heavy atom. The standard InChI is InChI=1S/C26H27ClF6N2O5S/c1-23(2,41(38,39)20-5-3-4-18(14-20)25(28,29)30)16-10-12-35(13-11-16)21(36)15-24(34,40-22(37)26(31,32)33)17-6-8-19(27)9-7-17/h3-9,14,16H,10-13,15,34H2,1-2H3/t24-/m0/s1. The van der Waals surface area contributed by atoms with Crippen molar-refractivity contribution in [2.45, 2.75) is 60.8 Å². The maximum atomic E-state index is 13.4. The molecule has 41 heavy (non-hydrogen) atoms. The van der Waals surface area contributed by atoms with E-state index in [2.05, 4.69) is 4.74 Å². The maximum Gasteiger partial charge on any atom is 0.491 e. The third-order valence-corrected chi connectivity index (χ3v) is 10.1. The minimum absolute atomic E-state index is 0.0189. The molecule has 1 aliphatic rings. The minimum Gasteiger partial charge on any atom is -0.433 e. The number of amides is 1. The normalized spacial score (nSPS) is 17.2. The van der Waals surface area contributed by atoms with Crippen LogP contribution in [0, 0.1) is 5.92 Å². The molecule has 0 radical (unpaired) electrons. The third kappa shape index (κ3) is 7.15. The van der Waals surface area contributed by atoms with Gasteiger partial charge >= 0.3 is 18.3 Å². The van der Waals surface area contributed by atoms with Gasteiger partial charge in [-0.2, -0.15) is 26.3 Å². The molecule has 0 saturated carbocycles. The molecule has 1 aliphatic heterocycles. The van der Waals surface area contributed by atoms with Gasteiger partial charge < -0.3 is 9.64 Å². The molecule has 0 unspecified atom stereocenters. The van der Waals surface area contributed by atoms with E-state index in [4.69, 9.17) is 17.3 Å². The van der Waals surface area contributed by atoms with Crippen LogP contribution < -0.4 is 5.73 Å². The van der Waals surface area contributed by atoms with Crippen molar-refractivity contribution in [2.75, 3.05) is 13.1 Å². The first-order chi connectivity index (χ1) is 18.7. The third-order valence-electron chi connectivity index (χ3n) is 7.25. The summed E-state index contributed by atoms with van der Waals surface area (Å²) in [6.45, 7) is 2.75. The van der Waals surface area contributed by atoms with Crippen LogP contribution in [0.1, 0.15) is 44.2 Å². The van der Waals surface area contributed by atoms with E-state index < -0.39 is 67.3 Å². The van der Waals surface area contributed by atoms with Crippen LogP contribution in [0.15, 0.2) is 53.4 Å². The maximum absolute atomic E-state index is 13.4. The summed E-state index contributed by atoms with van der Waals surface area (Å²) in [4.78, 5) is 25.5. The Morgan fingerprint density at radius 1 is 0.976 bits per heavy atom. The second-order valence-electron chi connectivity index (χ2n) is 10.2. The second kappa shape index (κ2) is 11.4. The lowest BCUT2D eigenvalue weighted by atomic mass is 9.85. The Hall–Kier alpha value is -2.84. The molecule has 226 valence electrons. The fourth-order valence-electron chi connectivity index (χ4n) is 4.68. The number of ether oxygens (including phenoxy) is 1. The predicted molar refractivity (Wildman–Crippen MR) is 136 cm³/mol. The number of rotatable bonds is 7. The van der Waals surface area contributed by atoms with Crippen LogP contribution >= 0.6 is 11.6 Å². The van der Waals surface area contributed by atoms with Gasteiger partial charge in [0.25, 0.3) is 0 Å². The summed E-state index contributed by atoms with van der Waals surface area (Å²) in [7, 11) is -4.25. The van der Waals surface area contributed by atoms with Crippen molar-refractivity contribution in [1.29, 1.82) is 0 Å². The van der Waals surface area contributed by atoms with Crippen LogP contribution in [-0.4, -0.2) is 49.2 Å². The molecule has 1 saturated heterocycles. The zero-order valence-electron chi connectivity index (χ0n) is 21.9. The average molecular weight is 629 g/mol. The van der Waals surface area contributed by atoms with Gasteiger partial charge in [-0.1, -0.05) is 29.8 Å². The minimum atomic E-state index is -5.38. The van der Waals surface area contributed by atoms with Crippen molar-refractivity contribution < 1.29 is 49.1 Å². The summed E-state index contributed by atoms with van der Waals surface area (Å²) < 4.78 is 108. The summed E-state index contributed by atoms with van der Waals surface area (Å²) in [5.41, 5.74) is 2.33. The van der Waals surface area contributed by atoms with Crippen molar-refractivity contribution in [2.24, 2.45) is 11.7 Å². The van der Waals surface area contributed by atoms with Crippen molar-refractivity contribution in [3.05, 3.63) is 64.7 Å². The molecule has 1 heterocycles. The van der Waals surface area contributed by atoms with Gasteiger partial charge in [0.1, 0.15) is 0 Å². The first-order valence-corrected chi connectivity index (χ1v) is 14.1. The van der Waals surface area contributed by atoms with Gasteiger partial charge in [-0.15, -0.1) is 0 Å². The topological polar surface area (TPSA) is 107 Å². The van der Waals surface area contributed by atoms with Crippen LogP contribution in [0.2, 0.25) is 5.02 Å². The molecule has 0 aromatic heterocycles. The Labute approximate surface area is 237 Å². The molecule has 0 bridgehead atoms. The SMILES string of the molecule is CC(C)(C1CCN(C(=O)C[C@](N)(OC(=O)C(F)(F)F)c2ccc(Cl)cc2)CC1)S(=O)(=O)c1cccc(C(F)(F)F)c1. The fourth-order valence-corrected chi connectivity index (χ4v) is 6.62. The van der Waals surface area contributed by atoms with Gasteiger partial charge in [0.05, 0.1) is 21.6 Å². The van der Waals surface area contributed by atoms with Crippen molar-refractivity contribution >= 4 is 33.3 Å². The van der Waals surface area contributed by atoms with Crippen LogP contribution in [0.25, 0.3) is 0 Å². The summed E-state index contributed by atoms with van der Waals surface area (Å²) in [6.07, 6.45) is -10.7. The number of halogens is 7. The molecule has 1 fully saturated rings. The van der Waals surface area contributed by atoms with Gasteiger partial charge in [-0.3, -0.25) is 10.5 Å². The quantitative estimate of drug-likeness (QED) is 0.248. The Kier molecular flexibility index (Phi) is 9.12. The monoisotopic (exact) mass is 628 g/mol. The fraction of sp³-hybridized carbons (Fsp3) is 0.462. The van der Waals surface area contributed by atoms with E-state index >= 15 is 0 Å². The van der Waals surface area contributed by atoms with Crippen LogP contribution in [0.5, 0.6) is 0 Å². The molecule has 7 nitrogen and oxygen atoms in total. The van der Waals surface area contributed by atoms with E-state index in [-0.39, 0.29) is 36.5 Å². The molecule has 3 rings (SSSR count). The smallest absolute Gasteiger partial charge is 0.433 e. The van der Waals surface area contributed by atoms with E-state index in [0.29, 0.717) is 6.07 Å². The zero-order valence-corrected chi connectivity index (χ0v) is 23.4. The zero-order chi connectivity index (χ0) is 31.0. The number of nitrogens with two attached hydrogens (primary N) is 1. The van der Waals surface area contributed by atoms with E-state index in [1.807, 2.05) is 0 Å². The first-order valence-electron chi connectivity index (χ1n) is 12.2. The summed E-state index contributed by atoms with van der Waals surface area (Å²) in [5.74, 6) is -3.93. The Balaban J connectivity index is 1.77. The highest BCUT2D eigenvalue weighted by molar-refractivity contribution is 7.92. The predicted octanol–water partition coefficient (Wildman–Crippen LogP) is 5.46. The van der Waals surface area contributed by atoms with Crippen LogP contribution in [-0.2, 0) is 36.1 Å². The molecular weight excluding hydrogens is 602 g/mol. The van der Waals surface area contributed by atoms with Gasteiger partial charge in [0, 0.05) is 23.7 Å². The summed E-state index contributed by atoms with van der Waals surface area (Å²) in [5, 5.41) is 0.217. The van der Waals surface area contributed by atoms with Gasteiger partial charge in [-0.25, -0.2) is 13.2 Å². The highest BCUT2D eigenvalue weighted by atomic mass is 35.5. The molecule has 15 heteroatoms. The van der Waals surface area contributed by atoms with E-state index in [1.165, 1.54) is 43.0 Å². The first kappa shape index (κ1) is 32.7. The Morgan fingerprint density at radius 3 is 2.05 bits per heavy atom. The van der Waals surface area contributed by atoms with E-state index in [9.17, 15) is 44.3 Å². The highest BCUT2D eigenvalue weighted by Gasteiger charge is 2.48. The largest absolute Gasteiger partial charge is 0.491 e. The molecule has 2 N–H and O–H groups in total. The molecular formula is C26H27ClF6N2O5S. The van der Waals surface area contributed by atoms with Gasteiger partial charge in [0.15, 0.2) is 15.6 Å². The number of benzene rings is 2. The molecule has 1 atom stereocenters. The average Bonchev–Trinajstić information content (AvgIpc) is 2.88. The number of carbonyl (C=O) groups excluding carboxylic acids is 2. The van der Waals surface area contributed by atoms with Crippen molar-refractivity contribution in [1.82, 2.24) is 4.90 Å². The highest BCUT2D eigenvalue weighted by Crippen LogP contribution is 2.40. The summed E-state index contributed by atoms with van der Waals surface area (Å²) >= 11 is 5.82. The van der Waals surface area contributed by atoms with Crippen molar-refractivity contribution in [3.8, 4) is 0 Å². The van der Waals surface area contributed by atoms with E-state index in [0.717, 1.165) is 18.2 Å². The lowest BCUT2D eigenvalue weighted by Gasteiger charge is -2.41. The molecule has 1 amide bonds. The number of carbonyl (C=O) groups is 2. The number of nitrogens with zero attached hydrogens (tertiary/aromatic N) is 1. The van der Waals surface area contributed by atoms with Crippen molar-refractivity contribution in [3.63, 3.8) is 0 Å². The summed E-state index contributed by atoms with van der Waals surface area (Å²) in [6, 6.07) is 8.47. The number of likely N-dealkylation sites (tertiary alicyclic amines) is 1. The lowest BCUT2D eigenvalue weighted by Crippen LogP contribution is -2.51. The molecule has 0 aliphatic carbocycles. The number of sulfone groups is 1. The molecule has 2 aromatic carbocycles. The number of alkyl halides is 6. The number of hydrogen-bond acceptors (Lipinski definition) is 6. The van der Waals surface area contributed by atoms with E-state index in [1.54, 1.807) is 0 Å². The number of piperidine rings is 1.